The number of unbranched alkanes of at least 4 members (excludes halogenated alkanes) is 3. The van der Waals surface area contributed by atoms with Crippen molar-refractivity contribution in [2.45, 2.75) is 65.9 Å². The third-order valence-corrected chi connectivity index (χ3v) is 3.13. The van der Waals surface area contributed by atoms with Crippen molar-refractivity contribution in [3.8, 4) is 0 Å². The van der Waals surface area contributed by atoms with Crippen molar-refractivity contribution < 1.29 is 14.3 Å². The van der Waals surface area contributed by atoms with E-state index in [0.717, 1.165) is 6.42 Å². The van der Waals surface area contributed by atoms with Gasteiger partial charge >= 0.3 is 6.16 Å². The molecule has 2 atom stereocenters. The van der Waals surface area contributed by atoms with Gasteiger partial charge in [0.1, 0.15) is 6.10 Å². The quantitative estimate of drug-likeness (QED) is 0.469. The molecule has 0 radical (unpaired) electrons. The Morgan fingerprint density at radius 3 is 2.24 bits per heavy atom. The highest BCUT2D eigenvalue weighted by Crippen LogP contribution is 2.22. The molecule has 0 aromatic rings. The molecule has 0 saturated heterocycles. The topological polar surface area (TPSA) is 35.5 Å². The molecule has 0 spiro atoms. The molecule has 0 N–H and O–H groups in total. The summed E-state index contributed by atoms with van der Waals surface area (Å²) >= 11 is 0. The van der Waals surface area contributed by atoms with Gasteiger partial charge in [-0.15, -0.1) is 0 Å². The van der Waals surface area contributed by atoms with Crippen LogP contribution in [0.4, 0.5) is 4.79 Å². The van der Waals surface area contributed by atoms with Crippen LogP contribution in [0.25, 0.3) is 0 Å². The van der Waals surface area contributed by atoms with E-state index in [1.807, 2.05) is 0 Å². The van der Waals surface area contributed by atoms with Crippen LogP contribution in [-0.2, 0) is 9.47 Å². The van der Waals surface area contributed by atoms with Crippen LogP contribution in [0.3, 0.4) is 0 Å². The van der Waals surface area contributed by atoms with E-state index in [2.05, 4.69) is 32.4 Å². The van der Waals surface area contributed by atoms with Crippen molar-refractivity contribution in [1.29, 1.82) is 0 Å². The summed E-state index contributed by atoms with van der Waals surface area (Å²) in [5.41, 5.74) is 0. The lowest BCUT2D eigenvalue weighted by Crippen LogP contribution is -2.30. The van der Waals surface area contributed by atoms with Gasteiger partial charge in [0, 0.05) is 0 Å². The summed E-state index contributed by atoms with van der Waals surface area (Å²) in [4.78, 5) is 11.2. The van der Waals surface area contributed by atoms with Gasteiger partial charge in [0.2, 0.25) is 0 Å². The van der Waals surface area contributed by atoms with E-state index in [1.165, 1.54) is 32.8 Å². The molecule has 0 aliphatic carbocycles. The molecule has 102 valence electrons. The normalized spacial score (nSPS) is 14.5. The fourth-order valence-electron chi connectivity index (χ4n) is 2.13. The van der Waals surface area contributed by atoms with Crippen molar-refractivity contribution >= 4 is 6.16 Å². The van der Waals surface area contributed by atoms with Crippen molar-refractivity contribution in [2.75, 3.05) is 7.11 Å². The number of hydrogen-bond acceptors (Lipinski definition) is 3. The van der Waals surface area contributed by atoms with Gasteiger partial charge in [0.15, 0.2) is 0 Å². The van der Waals surface area contributed by atoms with E-state index in [1.54, 1.807) is 0 Å². The van der Waals surface area contributed by atoms with E-state index < -0.39 is 6.16 Å². The Labute approximate surface area is 106 Å². The zero-order chi connectivity index (χ0) is 13.3. The smallest absolute Gasteiger partial charge is 0.438 e. The van der Waals surface area contributed by atoms with Crippen LogP contribution in [0.5, 0.6) is 0 Å². The van der Waals surface area contributed by atoms with Crippen LogP contribution in [-0.4, -0.2) is 19.4 Å². The molecule has 0 aliphatic heterocycles. The van der Waals surface area contributed by atoms with Gasteiger partial charge in [0.05, 0.1) is 7.11 Å². The van der Waals surface area contributed by atoms with Crippen LogP contribution in [0, 0.1) is 11.8 Å². The van der Waals surface area contributed by atoms with Gasteiger partial charge < -0.3 is 9.47 Å². The standard InChI is InChI=1S/C14H28O3/c1-6-7-8-9-10-12(4)13(11(2)3)17-14(15)16-5/h11-13H,6-10H2,1-5H3. The predicted molar refractivity (Wildman–Crippen MR) is 70.0 cm³/mol. The number of methoxy groups -OCH3 is 1. The Morgan fingerprint density at radius 2 is 1.76 bits per heavy atom. The van der Waals surface area contributed by atoms with Gasteiger partial charge in [-0.05, 0) is 18.3 Å². The third kappa shape index (κ3) is 7.24. The first-order valence-corrected chi connectivity index (χ1v) is 6.77. The number of carbonyl (C=O) groups excluding carboxylic acids is 1. The van der Waals surface area contributed by atoms with Crippen molar-refractivity contribution in [2.24, 2.45) is 11.8 Å². The van der Waals surface area contributed by atoms with Gasteiger partial charge in [-0.2, -0.15) is 0 Å². The van der Waals surface area contributed by atoms with Crippen LogP contribution >= 0.6 is 0 Å². The lowest BCUT2D eigenvalue weighted by Gasteiger charge is -2.26. The summed E-state index contributed by atoms with van der Waals surface area (Å²) in [6.45, 7) is 8.52. The summed E-state index contributed by atoms with van der Waals surface area (Å²) in [5.74, 6) is 0.723. The maximum absolute atomic E-state index is 11.2. The Hall–Kier alpha value is -0.730. The summed E-state index contributed by atoms with van der Waals surface area (Å²) in [7, 11) is 1.35. The van der Waals surface area contributed by atoms with Crippen LogP contribution in [0.1, 0.15) is 59.8 Å². The molecule has 2 unspecified atom stereocenters. The lowest BCUT2D eigenvalue weighted by atomic mass is 9.90. The Morgan fingerprint density at radius 1 is 1.12 bits per heavy atom. The van der Waals surface area contributed by atoms with Crippen LogP contribution < -0.4 is 0 Å². The van der Waals surface area contributed by atoms with Crippen molar-refractivity contribution in [3.05, 3.63) is 0 Å². The largest absolute Gasteiger partial charge is 0.508 e. The highest BCUT2D eigenvalue weighted by atomic mass is 16.7. The molecule has 3 nitrogen and oxygen atoms in total. The minimum atomic E-state index is -0.566. The highest BCUT2D eigenvalue weighted by Gasteiger charge is 2.24. The van der Waals surface area contributed by atoms with Crippen LogP contribution in [0.2, 0.25) is 0 Å². The Balaban J connectivity index is 4.06. The first kappa shape index (κ1) is 16.3. The highest BCUT2D eigenvalue weighted by molar-refractivity contribution is 5.59. The molecule has 0 aromatic carbocycles. The molecule has 0 bridgehead atoms. The number of rotatable bonds is 8. The first-order valence-electron chi connectivity index (χ1n) is 6.77. The zero-order valence-electron chi connectivity index (χ0n) is 12.0. The predicted octanol–water partition coefficient (Wildman–Crippen LogP) is 4.40. The molecular weight excluding hydrogens is 216 g/mol. The monoisotopic (exact) mass is 244 g/mol. The minimum absolute atomic E-state index is 0.0379. The molecule has 0 aromatic heterocycles. The van der Waals surface area contributed by atoms with E-state index in [4.69, 9.17) is 4.74 Å². The molecule has 17 heavy (non-hydrogen) atoms. The summed E-state index contributed by atoms with van der Waals surface area (Å²) < 4.78 is 9.88. The molecule has 0 rings (SSSR count). The Kier molecular flexibility index (Phi) is 8.92. The maximum Gasteiger partial charge on any atom is 0.508 e. The average molecular weight is 244 g/mol. The maximum atomic E-state index is 11.2. The van der Waals surface area contributed by atoms with Gasteiger partial charge in [0.25, 0.3) is 0 Å². The Bertz CT molecular complexity index is 202. The van der Waals surface area contributed by atoms with E-state index >= 15 is 0 Å². The fourth-order valence-corrected chi connectivity index (χ4v) is 2.13. The van der Waals surface area contributed by atoms with Gasteiger partial charge in [-0.3, -0.25) is 0 Å². The van der Waals surface area contributed by atoms with Gasteiger partial charge in [-0.1, -0.05) is 53.4 Å². The van der Waals surface area contributed by atoms with Gasteiger partial charge in [-0.25, -0.2) is 4.79 Å². The fraction of sp³-hybridized carbons (Fsp3) is 0.929. The summed E-state index contributed by atoms with van der Waals surface area (Å²) in [6.07, 6.45) is 5.53. The molecular formula is C14H28O3. The minimum Gasteiger partial charge on any atom is -0.438 e. The number of hydrogen-bond donors (Lipinski definition) is 0. The molecule has 0 saturated carbocycles. The molecule has 0 heterocycles. The van der Waals surface area contributed by atoms with Crippen molar-refractivity contribution in [1.82, 2.24) is 0 Å². The SMILES string of the molecule is CCCCCCC(C)C(OC(=O)OC)C(C)C. The van der Waals surface area contributed by atoms with E-state index in [-0.39, 0.29) is 6.10 Å². The first-order chi connectivity index (χ1) is 8.02. The second-order valence-corrected chi connectivity index (χ2v) is 5.11. The lowest BCUT2D eigenvalue weighted by molar-refractivity contribution is -0.00665. The molecule has 0 fully saturated rings. The second-order valence-electron chi connectivity index (χ2n) is 5.11. The molecule has 0 aliphatic rings. The van der Waals surface area contributed by atoms with Crippen LogP contribution in [0.15, 0.2) is 0 Å². The molecule has 0 amide bonds. The number of ether oxygens (including phenoxy) is 2. The third-order valence-electron chi connectivity index (χ3n) is 3.13. The van der Waals surface area contributed by atoms with E-state index in [0.29, 0.717) is 11.8 Å². The summed E-state index contributed by atoms with van der Waals surface area (Å²) in [6, 6.07) is 0. The summed E-state index contributed by atoms with van der Waals surface area (Å²) in [5, 5.41) is 0. The number of carbonyl (C=O) groups is 1. The second kappa shape index (κ2) is 9.32. The average Bonchev–Trinajstić information content (AvgIpc) is 2.30. The van der Waals surface area contributed by atoms with Crippen molar-refractivity contribution in [3.63, 3.8) is 0 Å². The molecule has 3 heteroatoms. The van der Waals surface area contributed by atoms with E-state index in [9.17, 15) is 4.79 Å². The zero-order valence-corrected chi connectivity index (χ0v) is 12.0.